The maximum atomic E-state index is 6.13. The number of nitrogens with two attached hydrogens (primary N) is 1. The van der Waals surface area contributed by atoms with Gasteiger partial charge < -0.3 is 10.5 Å². The van der Waals surface area contributed by atoms with Crippen LogP contribution in [-0.2, 0) is 13.1 Å². The Hall–Kier alpha value is -1.59. The molecule has 0 aromatic carbocycles. The number of ether oxygens (including phenoxy) is 1. The Kier molecular flexibility index (Phi) is 4.17. The zero-order chi connectivity index (χ0) is 13.0. The quantitative estimate of drug-likeness (QED) is 0.903. The number of aromatic nitrogens is 3. The summed E-state index contributed by atoms with van der Waals surface area (Å²) in [4.78, 5) is 4.09. The lowest BCUT2D eigenvalue weighted by atomic mass is 10.3. The lowest BCUT2D eigenvalue weighted by Crippen LogP contribution is -1.99. The molecule has 5 nitrogen and oxygen atoms in total. The van der Waals surface area contributed by atoms with E-state index in [0.29, 0.717) is 23.2 Å². The van der Waals surface area contributed by atoms with Gasteiger partial charge in [0.1, 0.15) is 5.02 Å². The van der Waals surface area contributed by atoms with Crippen LogP contribution in [-0.4, -0.2) is 14.8 Å². The lowest BCUT2D eigenvalue weighted by molar-refractivity contribution is 0.461. The molecule has 0 spiro atoms. The Balaban J connectivity index is 2.17. The van der Waals surface area contributed by atoms with Crippen molar-refractivity contribution >= 4 is 11.6 Å². The third-order valence-electron chi connectivity index (χ3n) is 2.43. The van der Waals surface area contributed by atoms with Crippen LogP contribution < -0.4 is 10.5 Å². The minimum atomic E-state index is 0.354. The molecule has 2 rings (SSSR count). The van der Waals surface area contributed by atoms with Gasteiger partial charge in [0, 0.05) is 19.3 Å². The summed E-state index contributed by atoms with van der Waals surface area (Å²) >= 11 is 6.13. The second-order valence-corrected chi connectivity index (χ2v) is 4.21. The second kappa shape index (κ2) is 5.84. The zero-order valence-electron chi connectivity index (χ0n) is 10.1. The van der Waals surface area contributed by atoms with E-state index in [1.165, 1.54) is 0 Å². The van der Waals surface area contributed by atoms with E-state index >= 15 is 0 Å². The van der Waals surface area contributed by atoms with E-state index in [2.05, 4.69) is 17.0 Å². The lowest BCUT2D eigenvalue weighted by Gasteiger charge is -2.06. The van der Waals surface area contributed by atoms with Crippen LogP contribution in [0.3, 0.4) is 0 Å². The van der Waals surface area contributed by atoms with E-state index in [4.69, 9.17) is 22.1 Å². The second-order valence-electron chi connectivity index (χ2n) is 3.83. The Labute approximate surface area is 111 Å². The Morgan fingerprint density at radius 3 is 3.06 bits per heavy atom. The minimum absolute atomic E-state index is 0.354. The summed E-state index contributed by atoms with van der Waals surface area (Å²) in [5.41, 5.74) is 6.38. The number of rotatable bonds is 5. The molecule has 0 bridgehead atoms. The van der Waals surface area contributed by atoms with Crippen LogP contribution >= 0.6 is 11.6 Å². The normalized spacial score (nSPS) is 10.6. The van der Waals surface area contributed by atoms with Crippen molar-refractivity contribution in [3.05, 3.63) is 35.2 Å². The molecule has 2 aromatic heterocycles. The van der Waals surface area contributed by atoms with Gasteiger partial charge in [0.2, 0.25) is 5.88 Å². The fourth-order valence-corrected chi connectivity index (χ4v) is 1.78. The van der Waals surface area contributed by atoms with Gasteiger partial charge in [0.25, 0.3) is 0 Å². The molecule has 0 unspecified atom stereocenters. The van der Waals surface area contributed by atoms with Crippen LogP contribution in [0.4, 0.5) is 0 Å². The molecule has 0 saturated carbocycles. The van der Waals surface area contributed by atoms with Crippen LogP contribution in [0.1, 0.15) is 18.9 Å². The van der Waals surface area contributed by atoms with E-state index in [-0.39, 0.29) is 0 Å². The topological polar surface area (TPSA) is 66.0 Å². The van der Waals surface area contributed by atoms with Crippen molar-refractivity contribution in [1.82, 2.24) is 14.8 Å². The molecule has 96 valence electrons. The van der Waals surface area contributed by atoms with Gasteiger partial charge in [-0.1, -0.05) is 18.5 Å². The molecule has 0 amide bonds. The Bertz CT molecular complexity index is 527. The van der Waals surface area contributed by atoms with Crippen molar-refractivity contribution < 1.29 is 4.74 Å². The average Bonchev–Trinajstić information content (AvgIpc) is 2.80. The molecule has 0 fully saturated rings. The summed E-state index contributed by atoms with van der Waals surface area (Å²) in [5.74, 6) is 0.975. The summed E-state index contributed by atoms with van der Waals surface area (Å²) in [6.45, 7) is 3.30. The largest absolute Gasteiger partial charge is 0.434 e. The molecule has 0 aliphatic rings. The summed E-state index contributed by atoms with van der Waals surface area (Å²) < 4.78 is 7.41. The first-order valence-electron chi connectivity index (χ1n) is 5.78. The van der Waals surface area contributed by atoms with Crippen molar-refractivity contribution in [3.8, 4) is 11.6 Å². The van der Waals surface area contributed by atoms with Gasteiger partial charge in [-0.05, 0) is 18.1 Å². The minimum Gasteiger partial charge on any atom is -0.434 e. The zero-order valence-corrected chi connectivity index (χ0v) is 10.9. The van der Waals surface area contributed by atoms with Crippen molar-refractivity contribution in [3.63, 3.8) is 0 Å². The van der Waals surface area contributed by atoms with Gasteiger partial charge in [-0.3, -0.25) is 4.68 Å². The molecule has 0 atom stereocenters. The van der Waals surface area contributed by atoms with Crippen LogP contribution in [0.2, 0.25) is 5.02 Å². The van der Waals surface area contributed by atoms with Crippen molar-refractivity contribution in [1.29, 1.82) is 0 Å². The molecule has 0 aliphatic heterocycles. The number of halogens is 1. The maximum absolute atomic E-state index is 6.13. The van der Waals surface area contributed by atoms with E-state index in [1.807, 2.05) is 10.9 Å². The van der Waals surface area contributed by atoms with Gasteiger partial charge in [0.15, 0.2) is 5.75 Å². The maximum Gasteiger partial charge on any atom is 0.238 e. The molecule has 0 saturated heterocycles. The molecule has 0 radical (unpaired) electrons. The standard InChI is InChI=1S/C12H15ClN4O/c1-2-5-17-8-10(7-16-17)18-12-11(13)9(6-14)3-4-15-12/h3-4,7-8H,2,5-6,14H2,1H3. The SMILES string of the molecule is CCCn1cc(Oc2nccc(CN)c2Cl)cn1. The third kappa shape index (κ3) is 2.80. The van der Waals surface area contributed by atoms with E-state index < -0.39 is 0 Å². The highest BCUT2D eigenvalue weighted by molar-refractivity contribution is 6.32. The van der Waals surface area contributed by atoms with Gasteiger partial charge >= 0.3 is 0 Å². The average molecular weight is 267 g/mol. The van der Waals surface area contributed by atoms with Crippen molar-refractivity contribution in [2.45, 2.75) is 26.4 Å². The van der Waals surface area contributed by atoms with E-state index in [1.54, 1.807) is 18.5 Å². The predicted octanol–water partition coefficient (Wildman–Crippen LogP) is 2.59. The summed E-state index contributed by atoms with van der Waals surface area (Å²) in [6.07, 6.45) is 6.10. The van der Waals surface area contributed by atoms with Crippen LogP contribution in [0.15, 0.2) is 24.7 Å². The van der Waals surface area contributed by atoms with Crippen molar-refractivity contribution in [2.75, 3.05) is 0 Å². The third-order valence-corrected chi connectivity index (χ3v) is 2.84. The van der Waals surface area contributed by atoms with Gasteiger partial charge in [0.05, 0.1) is 12.4 Å². The Morgan fingerprint density at radius 2 is 2.33 bits per heavy atom. The fraction of sp³-hybridized carbons (Fsp3) is 0.333. The smallest absolute Gasteiger partial charge is 0.238 e. The molecule has 18 heavy (non-hydrogen) atoms. The van der Waals surface area contributed by atoms with Gasteiger partial charge in [-0.2, -0.15) is 5.10 Å². The monoisotopic (exact) mass is 266 g/mol. The van der Waals surface area contributed by atoms with Gasteiger partial charge in [-0.25, -0.2) is 4.98 Å². The number of nitrogens with zero attached hydrogens (tertiary/aromatic N) is 3. The Morgan fingerprint density at radius 1 is 1.50 bits per heavy atom. The summed E-state index contributed by atoms with van der Waals surface area (Å²) in [7, 11) is 0. The van der Waals surface area contributed by atoms with Crippen LogP contribution in [0.25, 0.3) is 0 Å². The number of pyridine rings is 1. The molecule has 0 aliphatic carbocycles. The highest BCUT2D eigenvalue weighted by atomic mass is 35.5. The van der Waals surface area contributed by atoms with Crippen LogP contribution in [0, 0.1) is 0 Å². The molecular weight excluding hydrogens is 252 g/mol. The number of hydrogen-bond donors (Lipinski definition) is 1. The van der Waals surface area contributed by atoms with E-state index in [9.17, 15) is 0 Å². The first-order chi connectivity index (χ1) is 8.74. The number of aryl methyl sites for hydroxylation is 1. The van der Waals surface area contributed by atoms with Crippen molar-refractivity contribution in [2.24, 2.45) is 5.73 Å². The molecule has 6 heteroatoms. The summed E-state index contributed by atoms with van der Waals surface area (Å²) in [6, 6.07) is 1.77. The molecule has 2 aromatic rings. The number of hydrogen-bond acceptors (Lipinski definition) is 4. The molecular formula is C12H15ClN4O. The van der Waals surface area contributed by atoms with Crippen LogP contribution in [0.5, 0.6) is 11.6 Å². The first kappa shape index (κ1) is 12.9. The molecule has 2 N–H and O–H groups in total. The molecule has 2 heterocycles. The van der Waals surface area contributed by atoms with E-state index in [0.717, 1.165) is 18.5 Å². The summed E-state index contributed by atoms with van der Waals surface area (Å²) in [5, 5.41) is 4.62. The fourth-order valence-electron chi connectivity index (χ4n) is 1.55. The highest BCUT2D eigenvalue weighted by Gasteiger charge is 2.09. The first-order valence-corrected chi connectivity index (χ1v) is 6.16. The highest BCUT2D eigenvalue weighted by Crippen LogP contribution is 2.29. The predicted molar refractivity (Wildman–Crippen MR) is 69.7 cm³/mol. The van der Waals surface area contributed by atoms with Gasteiger partial charge in [-0.15, -0.1) is 0 Å².